The summed E-state index contributed by atoms with van der Waals surface area (Å²) in [4.78, 5) is 16.6. The molecule has 3 fully saturated rings. The highest BCUT2D eigenvalue weighted by molar-refractivity contribution is 5.80. The van der Waals surface area contributed by atoms with E-state index in [-0.39, 0.29) is 18.1 Å². The third-order valence-electron chi connectivity index (χ3n) is 5.43. The molecule has 0 aromatic carbocycles. The number of nitrogens with two attached hydrogens (primary N) is 1. The number of amides is 1. The van der Waals surface area contributed by atoms with E-state index in [0.717, 1.165) is 37.9 Å². The van der Waals surface area contributed by atoms with Gasteiger partial charge in [-0.2, -0.15) is 0 Å². The molecule has 0 spiro atoms. The zero-order chi connectivity index (χ0) is 14.8. The number of carbonyl (C=O) groups excluding carboxylic acids is 1. The smallest absolute Gasteiger partial charge is 0.263 e. The van der Waals surface area contributed by atoms with E-state index < -0.39 is 0 Å². The molecule has 0 radical (unpaired) electrons. The molecule has 3 aliphatic heterocycles. The van der Waals surface area contributed by atoms with Gasteiger partial charge in [-0.3, -0.25) is 10.2 Å². The number of hydrogen-bond acceptors (Lipinski definition) is 5. The van der Waals surface area contributed by atoms with Crippen molar-refractivity contribution in [2.24, 2.45) is 11.8 Å². The summed E-state index contributed by atoms with van der Waals surface area (Å²) in [5.74, 6) is 5.79. The van der Waals surface area contributed by atoms with Crippen LogP contribution in [-0.2, 0) is 9.53 Å². The van der Waals surface area contributed by atoms with Crippen LogP contribution in [-0.4, -0.2) is 67.2 Å². The predicted molar refractivity (Wildman–Crippen MR) is 80.4 cm³/mol. The molecule has 6 nitrogen and oxygen atoms in total. The molecule has 0 saturated carbocycles. The van der Waals surface area contributed by atoms with Crippen LogP contribution >= 0.6 is 0 Å². The first-order valence-corrected chi connectivity index (χ1v) is 8.26. The second-order valence-corrected chi connectivity index (χ2v) is 6.83. The molecule has 3 rings (SSSR count). The average Bonchev–Trinajstić information content (AvgIpc) is 2.95. The van der Waals surface area contributed by atoms with Crippen molar-refractivity contribution < 1.29 is 9.53 Å². The first-order chi connectivity index (χ1) is 10.2. The maximum Gasteiger partial charge on any atom is 0.263 e. The molecular weight excluding hydrogens is 268 g/mol. The standard InChI is InChI=1S/C15H28N4O2/c1-18-7-2-3-11-9-19(8-6-13(11)18)10-12-4-5-14(21-12)15(20)17-16/h11-14H,2-10,16H2,1H3,(H,17,20). The molecule has 3 saturated heterocycles. The van der Waals surface area contributed by atoms with Gasteiger partial charge in [0.05, 0.1) is 6.10 Å². The Morgan fingerprint density at radius 2 is 2.14 bits per heavy atom. The third-order valence-corrected chi connectivity index (χ3v) is 5.43. The molecule has 0 aromatic rings. The summed E-state index contributed by atoms with van der Waals surface area (Å²) in [5.41, 5.74) is 2.19. The summed E-state index contributed by atoms with van der Waals surface area (Å²) in [6.45, 7) is 4.55. The molecule has 0 aliphatic carbocycles. The molecule has 0 aromatic heterocycles. The van der Waals surface area contributed by atoms with Crippen LogP contribution in [0.2, 0.25) is 0 Å². The Labute approximate surface area is 126 Å². The van der Waals surface area contributed by atoms with E-state index in [1.54, 1.807) is 0 Å². The van der Waals surface area contributed by atoms with Crippen molar-refractivity contribution in [2.45, 2.75) is 50.4 Å². The topological polar surface area (TPSA) is 70.8 Å². The fraction of sp³-hybridized carbons (Fsp3) is 0.933. The first-order valence-electron chi connectivity index (χ1n) is 8.26. The maximum atomic E-state index is 11.5. The summed E-state index contributed by atoms with van der Waals surface area (Å²) in [7, 11) is 2.27. The van der Waals surface area contributed by atoms with Gasteiger partial charge in [0.15, 0.2) is 0 Å². The number of nitrogens with one attached hydrogen (secondary N) is 1. The van der Waals surface area contributed by atoms with Crippen molar-refractivity contribution in [3.05, 3.63) is 0 Å². The summed E-state index contributed by atoms with van der Waals surface area (Å²) >= 11 is 0. The van der Waals surface area contributed by atoms with E-state index in [2.05, 4.69) is 22.3 Å². The van der Waals surface area contributed by atoms with Gasteiger partial charge in [0.25, 0.3) is 5.91 Å². The normalized spacial score (nSPS) is 38.2. The van der Waals surface area contributed by atoms with Crippen molar-refractivity contribution in [1.29, 1.82) is 0 Å². The molecule has 3 N–H and O–H groups in total. The van der Waals surface area contributed by atoms with Gasteiger partial charge in [0.2, 0.25) is 0 Å². The minimum absolute atomic E-state index is 0.185. The van der Waals surface area contributed by atoms with Crippen LogP contribution in [0, 0.1) is 5.92 Å². The highest BCUT2D eigenvalue weighted by Gasteiger charge is 2.36. The van der Waals surface area contributed by atoms with E-state index in [1.165, 1.54) is 32.4 Å². The summed E-state index contributed by atoms with van der Waals surface area (Å²) in [5, 5.41) is 0. The lowest BCUT2D eigenvalue weighted by Crippen LogP contribution is -2.53. The van der Waals surface area contributed by atoms with E-state index in [1.807, 2.05) is 0 Å². The molecular formula is C15H28N4O2. The minimum atomic E-state index is -0.349. The van der Waals surface area contributed by atoms with Gasteiger partial charge in [0, 0.05) is 19.1 Å². The molecule has 1 amide bonds. The first kappa shape index (κ1) is 15.2. The summed E-state index contributed by atoms with van der Waals surface area (Å²) < 4.78 is 5.83. The van der Waals surface area contributed by atoms with Crippen LogP contribution in [0.15, 0.2) is 0 Å². The number of nitrogens with zero attached hydrogens (tertiary/aromatic N) is 2. The number of rotatable bonds is 3. The molecule has 0 bridgehead atoms. The predicted octanol–water partition coefficient (Wildman–Crippen LogP) is -0.0600. The lowest BCUT2D eigenvalue weighted by Gasteiger charge is -2.46. The molecule has 4 unspecified atom stereocenters. The Bertz CT molecular complexity index is 379. The Hall–Kier alpha value is -0.690. The second kappa shape index (κ2) is 6.60. The molecule has 3 heterocycles. The van der Waals surface area contributed by atoms with E-state index in [9.17, 15) is 4.79 Å². The van der Waals surface area contributed by atoms with Gasteiger partial charge < -0.3 is 14.5 Å². The number of hydrazine groups is 1. The van der Waals surface area contributed by atoms with Crippen LogP contribution < -0.4 is 11.3 Å². The fourth-order valence-corrected chi connectivity index (χ4v) is 4.31. The summed E-state index contributed by atoms with van der Waals surface area (Å²) in [6, 6.07) is 0.773. The van der Waals surface area contributed by atoms with Gasteiger partial charge in [-0.1, -0.05) is 0 Å². The number of hydrogen-bond donors (Lipinski definition) is 2. The van der Waals surface area contributed by atoms with Gasteiger partial charge in [-0.15, -0.1) is 0 Å². The van der Waals surface area contributed by atoms with Gasteiger partial charge in [-0.05, 0) is 58.2 Å². The Morgan fingerprint density at radius 3 is 2.95 bits per heavy atom. The minimum Gasteiger partial charge on any atom is -0.364 e. The Morgan fingerprint density at radius 1 is 1.29 bits per heavy atom. The highest BCUT2D eigenvalue weighted by atomic mass is 16.5. The van der Waals surface area contributed by atoms with Crippen LogP contribution in [0.1, 0.15) is 32.1 Å². The SMILES string of the molecule is CN1CCCC2CN(CC3CCC(C(=O)NN)O3)CCC21. The molecule has 3 aliphatic rings. The molecule has 120 valence electrons. The van der Waals surface area contributed by atoms with E-state index >= 15 is 0 Å². The van der Waals surface area contributed by atoms with Crippen molar-refractivity contribution >= 4 is 5.91 Å². The number of carbonyl (C=O) groups is 1. The second-order valence-electron chi connectivity index (χ2n) is 6.83. The molecule has 6 heteroatoms. The number of piperidine rings is 2. The third kappa shape index (κ3) is 3.39. The van der Waals surface area contributed by atoms with Crippen molar-refractivity contribution in [1.82, 2.24) is 15.2 Å². The number of likely N-dealkylation sites (tertiary alicyclic amines) is 2. The van der Waals surface area contributed by atoms with Crippen LogP contribution in [0.5, 0.6) is 0 Å². The van der Waals surface area contributed by atoms with Crippen LogP contribution in [0.3, 0.4) is 0 Å². The van der Waals surface area contributed by atoms with Gasteiger partial charge >= 0.3 is 0 Å². The zero-order valence-corrected chi connectivity index (χ0v) is 13.0. The van der Waals surface area contributed by atoms with Crippen molar-refractivity contribution in [2.75, 3.05) is 33.2 Å². The quantitative estimate of drug-likeness (QED) is 0.434. The van der Waals surface area contributed by atoms with Crippen LogP contribution in [0.4, 0.5) is 0 Å². The summed E-state index contributed by atoms with van der Waals surface area (Å²) in [6.07, 6.45) is 5.53. The van der Waals surface area contributed by atoms with E-state index in [0.29, 0.717) is 0 Å². The Balaban J connectivity index is 1.48. The molecule has 4 atom stereocenters. The number of ether oxygens (including phenoxy) is 1. The van der Waals surface area contributed by atoms with E-state index in [4.69, 9.17) is 10.6 Å². The fourth-order valence-electron chi connectivity index (χ4n) is 4.31. The van der Waals surface area contributed by atoms with Gasteiger partial charge in [-0.25, -0.2) is 5.84 Å². The lowest BCUT2D eigenvalue weighted by molar-refractivity contribution is -0.132. The maximum absolute atomic E-state index is 11.5. The molecule has 21 heavy (non-hydrogen) atoms. The highest BCUT2D eigenvalue weighted by Crippen LogP contribution is 2.30. The average molecular weight is 296 g/mol. The van der Waals surface area contributed by atoms with Crippen molar-refractivity contribution in [3.8, 4) is 0 Å². The zero-order valence-electron chi connectivity index (χ0n) is 13.0. The monoisotopic (exact) mass is 296 g/mol. The van der Waals surface area contributed by atoms with Crippen LogP contribution in [0.25, 0.3) is 0 Å². The largest absolute Gasteiger partial charge is 0.364 e. The number of fused-ring (bicyclic) bond motifs is 1. The Kier molecular flexibility index (Phi) is 4.78. The lowest BCUT2D eigenvalue weighted by atomic mass is 9.84. The van der Waals surface area contributed by atoms with Gasteiger partial charge in [0.1, 0.15) is 6.10 Å². The van der Waals surface area contributed by atoms with Crippen molar-refractivity contribution in [3.63, 3.8) is 0 Å².